The van der Waals surface area contributed by atoms with Crippen molar-refractivity contribution >= 4 is 33.3 Å². The lowest BCUT2D eigenvalue weighted by Crippen LogP contribution is -2.41. The Morgan fingerprint density at radius 2 is 1.90 bits per heavy atom. The number of rotatable bonds is 5. The van der Waals surface area contributed by atoms with Gasteiger partial charge in [-0.15, -0.1) is 12.4 Å². The number of halogens is 3. The van der Waals surface area contributed by atoms with Gasteiger partial charge in [0.2, 0.25) is 10.0 Å². The van der Waals surface area contributed by atoms with Gasteiger partial charge in [0, 0.05) is 11.6 Å². The number of hydrogen-bond donors (Lipinski definition) is 2. The van der Waals surface area contributed by atoms with Crippen LogP contribution in [0.15, 0.2) is 41.4 Å². The quantitative estimate of drug-likeness (QED) is 0.866. The first kappa shape index (κ1) is 17.7. The molecule has 5 nitrogen and oxygen atoms in total. The molecule has 2 aromatic rings. The van der Waals surface area contributed by atoms with Crippen LogP contribution in [0.3, 0.4) is 0 Å². The molecule has 2 rings (SSSR count). The number of fused-ring (bicyclic) bond motifs is 1. The second kappa shape index (κ2) is 6.61. The summed E-state index contributed by atoms with van der Waals surface area (Å²) in [6, 6.07) is 7.89. The van der Waals surface area contributed by atoms with Crippen molar-refractivity contribution in [1.82, 2.24) is 9.71 Å². The molecule has 0 unspecified atom stereocenters. The second-order valence-electron chi connectivity index (χ2n) is 4.22. The fraction of sp³-hybridized carbons (Fsp3) is 0.250. The first-order valence-corrected chi connectivity index (χ1v) is 7.25. The van der Waals surface area contributed by atoms with Gasteiger partial charge in [-0.25, -0.2) is 21.9 Å². The van der Waals surface area contributed by atoms with Crippen LogP contribution in [0.2, 0.25) is 0 Å². The topological polar surface area (TPSA) is 85.1 Å². The molecule has 0 spiro atoms. The number of pyridine rings is 1. The van der Waals surface area contributed by atoms with Crippen LogP contribution in [0.25, 0.3) is 10.9 Å². The van der Waals surface area contributed by atoms with Gasteiger partial charge >= 0.3 is 0 Å². The molecule has 9 heteroatoms. The SMILES string of the molecule is Cl.NCC(F)(F)CNS(=O)(=O)c1cccc2cccnc12. The number of nitrogens with zero attached hydrogens (tertiary/aromatic N) is 1. The van der Waals surface area contributed by atoms with Crippen LogP contribution in [0.5, 0.6) is 0 Å². The lowest BCUT2D eigenvalue weighted by molar-refractivity contribution is 0.0170. The second-order valence-corrected chi connectivity index (χ2v) is 5.95. The summed E-state index contributed by atoms with van der Waals surface area (Å²) in [6.07, 6.45) is 1.44. The Kier molecular flexibility index (Phi) is 5.57. The molecule has 3 N–H and O–H groups in total. The fourth-order valence-corrected chi connectivity index (χ4v) is 2.88. The number of sulfonamides is 1. The minimum absolute atomic E-state index is 0. The predicted molar refractivity (Wildman–Crippen MR) is 78.2 cm³/mol. The number of hydrogen-bond acceptors (Lipinski definition) is 4. The van der Waals surface area contributed by atoms with Crippen LogP contribution in [0, 0.1) is 0 Å². The van der Waals surface area contributed by atoms with Crippen LogP contribution in [0.4, 0.5) is 8.78 Å². The van der Waals surface area contributed by atoms with E-state index in [0.29, 0.717) is 5.39 Å². The largest absolute Gasteiger partial charge is 0.325 e. The summed E-state index contributed by atoms with van der Waals surface area (Å²) >= 11 is 0. The van der Waals surface area contributed by atoms with E-state index in [9.17, 15) is 17.2 Å². The zero-order chi connectivity index (χ0) is 14.8. The summed E-state index contributed by atoms with van der Waals surface area (Å²) in [7, 11) is -4.08. The maximum atomic E-state index is 13.0. The molecular formula is C12H14ClF2N3O2S. The lowest BCUT2D eigenvalue weighted by atomic mass is 10.2. The van der Waals surface area contributed by atoms with Gasteiger partial charge in [0.05, 0.1) is 18.6 Å². The number of nitrogens with two attached hydrogens (primary N) is 1. The van der Waals surface area contributed by atoms with E-state index in [1.165, 1.54) is 18.3 Å². The van der Waals surface area contributed by atoms with Gasteiger partial charge in [-0.3, -0.25) is 4.98 Å². The van der Waals surface area contributed by atoms with E-state index in [0.717, 1.165) is 0 Å². The number of alkyl halides is 2. The van der Waals surface area contributed by atoms with Gasteiger partial charge in [0.15, 0.2) is 0 Å². The molecule has 1 aromatic heterocycles. The third-order valence-electron chi connectivity index (χ3n) is 2.70. The Bertz CT molecular complexity index is 720. The summed E-state index contributed by atoms with van der Waals surface area (Å²) in [4.78, 5) is 3.84. The summed E-state index contributed by atoms with van der Waals surface area (Å²) in [5.41, 5.74) is 5.10. The zero-order valence-electron chi connectivity index (χ0n) is 10.8. The fourth-order valence-electron chi connectivity index (χ4n) is 1.64. The number of benzene rings is 1. The smallest absolute Gasteiger partial charge is 0.273 e. The van der Waals surface area contributed by atoms with Gasteiger partial charge in [0.1, 0.15) is 4.90 Å². The summed E-state index contributed by atoms with van der Waals surface area (Å²) in [5.74, 6) is -3.29. The first-order valence-electron chi connectivity index (χ1n) is 5.77. The number of nitrogens with one attached hydrogen (secondary N) is 1. The molecule has 0 aliphatic heterocycles. The van der Waals surface area contributed by atoms with E-state index in [2.05, 4.69) is 4.98 Å². The molecule has 0 fully saturated rings. The van der Waals surface area contributed by atoms with E-state index in [1.54, 1.807) is 18.2 Å². The summed E-state index contributed by atoms with van der Waals surface area (Å²) in [5, 5.41) is 0.612. The van der Waals surface area contributed by atoms with Gasteiger partial charge < -0.3 is 5.73 Å². The lowest BCUT2D eigenvalue weighted by Gasteiger charge is -2.15. The highest BCUT2D eigenvalue weighted by atomic mass is 35.5. The van der Waals surface area contributed by atoms with Crippen LogP contribution in [-0.4, -0.2) is 32.4 Å². The van der Waals surface area contributed by atoms with Crippen molar-refractivity contribution in [3.63, 3.8) is 0 Å². The van der Waals surface area contributed by atoms with Gasteiger partial charge in [-0.05, 0) is 12.1 Å². The number of para-hydroxylation sites is 1. The molecule has 21 heavy (non-hydrogen) atoms. The number of aromatic nitrogens is 1. The minimum Gasteiger partial charge on any atom is -0.325 e. The van der Waals surface area contributed by atoms with Crippen molar-refractivity contribution in [2.45, 2.75) is 10.8 Å². The Hall–Kier alpha value is -1.35. The predicted octanol–water partition coefficient (Wildman–Crippen LogP) is 1.53. The van der Waals surface area contributed by atoms with Crippen molar-refractivity contribution in [2.24, 2.45) is 5.73 Å². The molecule has 116 valence electrons. The van der Waals surface area contributed by atoms with Crippen LogP contribution >= 0.6 is 12.4 Å². The maximum absolute atomic E-state index is 13.0. The Morgan fingerprint density at radius 3 is 2.57 bits per heavy atom. The van der Waals surface area contributed by atoms with Crippen molar-refractivity contribution < 1.29 is 17.2 Å². The van der Waals surface area contributed by atoms with E-state index in [1.807, 2.05) is 4.72 Å². The Labute approximate surface area is 127 Å². The molecule has 0 saturated carbocycles. The Balaban J connectivity index is 0.00000220. The maximum Gasteiger partial charge on any atom is 0.273 e. The van der Waals surface area contributed by atoms with E-state index < -0.39 is 29.0 Å². The standard InChI is InChI=1S/C12H13F2N3O2S.ClH/c13-12(14,7-15)8-17-20(18,19)10-5-1-3-9-4-2-6-16-11(9)10;/h1-6,17H,7-8,15H2;1H. The van der Waals surface area contributed by atoms with E-state index in [-0.39, 0.29) is 22.8 Å². The highest BCUT2D eigenvalue weighted by Gasteiger charge is 2.30. The average Bonchev–Trinajstić information content (AvgIpc) is 2.45. The molecule has 1 heterocycles. The summed E-state index contributed by atoms with van der Waals surface area (Å²) < 4.78 is 52.1. The molecule has 0 aliphatic rings. The van der Waals surface area contributed by atoms with Gasteiger partial charge in [-0.1, -0.05) is 18.2 Å². The van der Waals surface area contributed by atoms with Gasteiger partial charge in [-0.2, -0.15) is 0 Å². The molecule has 0 aliphatic carbocycles. The molecule has 0 radical (unpaired) electrons. The average molecular weight is 338 g/mol. The van der Waals surface area contributed by atoms with Crippen molar-refractivity contribution in [1.29, 1.82) is 0 Å². The van der Waals surface area contributed by atoms with Gasteiger partial charge in [0.25, 0.3) is 5.92 Å². The Morgan fingerprint density at radius 1 is 1.24 bits per heavy atom. The molecule has 1 aromatic carbocycles. The minimum atomic E-state index is -4.08. The van der Waals surface area contributed by atoms with Crippen molar-refractivity contribution in [2.75, 3.05) is 13.1 Å². The molecule has 0 saturated heterocycles. The molecule has 0 bridgehead atoms. The van der Waals surface area contributed by atoms with Crippen molar-refractivity contribution in [3.8, 4) is 0 Å². The van der Waals surface area contributed by atoms with E-state index >= 15 is 0 Å². The highest BCUT2D eigenvalue weighted by molar-refractivity contribution is 7.89. The molecule has 0 amide bonds. The highest BCUT2D eigenvalue weighted by Crippen LogP contribution is 2.21. The summed E-state index contributed by atoms with van der Waals surface area (Å²) in [6.45, 7) is -1.97. The molecular weight excluding hydrogens is 324 g/mol. The molecule has 0 atom stereocenters. The van der Waals surface area contributed by atoms with Crippen molar-refractivity contribution in [3.05, 3.63) is 36.5 Å². The third kappa shape index (κ3) is 4.07. The van der Waals surface area contributed by atoms with Crippen LogP contribution in [0.1, 0.15) is 0 Å². The third-order valence-corrected chi connectivity index (χ3v) is 4.14. The normalized spacial score (nSPS) is 12.1. The van der Waals surface area contributed by atoms with Crippen LogP contribution in [-0.2, 0) is 10.0 Å². The monoisotopic (exact) mass is 337 g/mol. The first-order chi connectivity index (χ1) is 9.36. The zero-order valence-corrected chi connectivity index (χ0v) is 12.4. The van der Waals surface area contributed by atoms with Crippen LogP contribution < -0.4 is 10.5 Å². The van der Waals surface area contributed by atoms with E-state index in [4.69, 9.17) is 5.73 Å².